The van der Waals surface area contributed by atoms with E-state index < -0.39 is 5.91 Å². The SMILES string of the molecule is COc1ccc(C(=O)NN2C(=O)[C@@H]3C4C=CC(C4)[C@@H]3C2=O)cc1. The third-order valence-electron chi connectivity index (χ3n) is 5.04. The van der Waals surface area contributed by atoms with E-state index in [2.05, 4.69) is 5.43 Å². The molecule has 1 aliphatic heterocycles. The number of methoxy groups -OCH3 is 1. The van der Waals surface area contributed by atoms with Crippen molar-refractivity contribution in [3.8, 4) is 5.75 Å². The van der Waals surface area contributed by atoms with Crippen LogP contribution in [0, 0.1) is 23.7 Å². The van der Waals surface area contributed by atoms with E-state index in [1.807, 2.05) is 12.2 Å². The first-order valence-corrected chi connectivity index (χ1v) is 7.61. The molecule has 1 heterocycles. The van der Waals surface area contributed by atoms with Gasteiger partial charge in [0.05, 0.1) is 18.9 Å². The van der Waals surface area contributed by atoms with Gasteiger partial charge in [-0.15, -0.1) is 0 Å². The Morgan fingerprint density at radius 3 is 2.17 bits per heavy atom. The van der Waals surface area contributed by atoms with Crippen molar-refractivity contribution in [3.05, 3.63) is 42.0 Å². The number of fused-ring (bicyclic) bond motifs is 5. The summed E-state index contributed by atoms with van der Waals surface area (Å²) in [7, 11) is 1.54. The first kappa shape index (κ1) is 14.0. The lowest BCUT2D eigenvalue weighted by molar-refractivity contribution is -0.143. The number of imide groups is 1. The fourth-order valence-corrected chi connectivity index (χ4v) is 3.92. The molecule has 1 saturated carbocycles. The highest BCUT2D eigenvalue weighted by Crippen LogP contribution is 2.52. The number of carbonyl (C=O) groups excluding carboxylic acids is 3. The van der Waals surface area contributed by atoms with E-state index in [1.54, 1.807) is 24.3 Å². The van der Waals surface area contributed by atoms with Gasteiger partial charge in [-0.1, -0.05) is 12.2 Å². The molecule has 6 heteroatoms. The fraction of sp³-hybridized carbons (Fsp3) is 0.353. The first-order valence-electron chi connectivity index (χ1n) is 7.61. The third-order valence-corrected chi connectivity index (χ3v) is 5.04. The van der Waals surface area contributed by atoms with E-state index in [-0.39, 0.29) is 35.5 Å². The van der Waals surface area contributed by atoms with E-state index in [1.165, 1.54) is 7.11 Å². The molecular formula is C17H16N2O4. The number of ether oxygens (including phenoxy) is 1. The number of nitrogens with one attached hydrogen (secondary N) is 1. The molecule has 1 aromatic carbocycles. The molecule has 1 saturated heterocycles. The molecule has 2 bridgehead atoms. The number of allylic oxidation sites excluding steroid dienone is 2. The van der Waals surface area contributed by atoms with Crippen LogP contribution in [0.25, 0.3) is 0 Å². The van der Waals surface area contributed by atoms with Gasteiger partial charge < -0.3 is 4.74 Å². The van der Waals surface area contributed by atoms with Crippen LogP contribution in [0.1, 0.15) is 16.8 Å². The normalized spacial score (nSPS) is 30.7. The van der Waals surface area contributed by atoms with Gasteiger partial charge >= 0.3 is 0 Å². The molecule has 2 unspecified atom stereocenters. The molecular weight excluding hydrogens is 296 g/mol. The summed E-state index contributed by atoms with van der Waals surface area (Å²) < 4.78 is 5.04. The van der Waals surface area contributed by atoms with E-state index in [0.717, 1.165) is 11.4 Å². The van der Waals surface area contributed by atoms with Gasteiger partial charge in [0.15, 0.2) is 0 Å². The van der Waals surface area contributed by atoms with Crippen LogP contribution in [0.2, 0.25) is 0 Å². The molecule has 1 N–H and O–H groups in total. The molecule has 23 heavy (non-hydrogen) atoms. The second-order valence-corrected chi connectivity index (χ2v) is 6.18. The average Bonchev–Trinajstić information content (AvgIpc) is 3.24. The van der Waals surface area contributed by atoms with Crippen LogP contribution in [-0.2, 0) is 9.59 Å². The van der Waals surface area contributed by atoms with Crippen LogP contribution in [0.15, 0.2) is 36.4 Å². The van der Waals surface area contributed by atoms with Crippen molar-refractivity contribution in [1.29, 1.82) is 0 Å². The van der Waals surface area contributed by atoms with Crippen molar-refractivity contribution < 1.29 is 19.1 Å². The van der Waals surface area contributed by atoms with Crippen LogP contribution in [-0.4, -0.2) is 29.8 Å². The summed E-state index contributed by atoms with van der Waals surface area (Å²) in [5, 5.41) is 0.911. The minimum Gasteiger partial charge on any atom is -0.497 e. The maximum Gasteiger partial charge on any atom is 0.270 e. The zero-order chi connectivity index (χ0) is 16.1. The van der Waals surface area contributed by atoms with Gasteiger partial charge in [0, 0.05) is 5.56 Å². The number of hydrogen-bond donors (Lipinski definition) is 1. The summed E-state index contributed by atoms with van der Waals surface area (Å²) in [5.74, 6) is -0.796. The van der Waals surface area contributed by atoms with Gasteiger partial charge in [0.2, 0.25) is 0 Å². The number of nitrogens with zero attached hydrogens (tertiary/aromatic N) is 1. The topological polar surface area (TPSA) is 75.7 Å². The lowest BCUT2D eigenvalue weighted by Gasteiger charge is -2.18. The van der Waals surface area contributed by atoms with E-state index in [4.69, 9.17) is 4.74 Å². The van der Waals surface area contributed by atoms with Gasteiger partial charge in [0.25, 0.3) is 17.7 Å². The van der Waals surface area contributed by atoms with Crippen LogP contribution in [0.4, 0.5) is 0 Å². The molecule has 1 aromatic rings. The minimum atomic E-state index is -0.477. The largest absolute Gasteiger partial charge is 0.497 e. The predicted octanol–water partition coefficient (Wildman–Crippen LogP) is 1.15. The molecule has 4 rings (SSSR count). The molecule has 0 radical (unpaired) electrons. The number of hydrazine groups is 1. The molecule has 6 nitrogen and oxygen atoms in total. The second-order valence-electron chi connectivity index (χ2n) is 6.18. The molecule has 0 aromatic heterocycles. The highest BCUT2D eigenvalue weighted by molar-refractivity contribution is 6.08. The number of benzene rings is 1. The van der Waals surface area contributed by atoms with E-state index >= 15 is 0 Å². The van der Waals surface area contributed by atoms with E-state index in [9.17, 15) is 14.4 Å². The van der Waals surface area contributed by atoms with Gasteiger partial charge in [-0.05, 0) is 42.5 Å². The molecule has 3 amide bonds. The van der Waals surface area contributed by atoms with Gasteiger partial charge in [-0.3, -0.25) is 19.8 Å². The van der Waals surface area contributed by atoms with Crippen LogP contribution in [0.3, 0.4) is 0 Å². The van der Waals surface area contributed by atoms with Crippen molar-refractivity contribution in [2.24, 2.45) is 23.7 Å². The first-order chi connectivity index (χ1) is 11.1. The molecule has 118 valence electrons. The zero-order valence-corrected chi connectivity index (χ0v) is 12.6. The summed E-state index contributed by atoms with van der Waals surface area (Å²) >= 11 is 0. The number of carbonyl (C=O) groups is 3. The Bertz CT molecular complexity index is 695. The van der Waals surface area contributed by atoms with Crippen molar-refractivity contribution in [3.63, 3.8) is 0 Å². The summed E-state index contributed by atoms with van der Waals surface area (Å²) in [5.41, 5.74) is 2.82. The molecule has 3 aliphatic rings. The van der Waals surface area contributed by atoms with Crippen molar-refractivity contribution >= 4 is 17.7 Å². The van der Waals surface area contributed by atoms with Crippen molar-refractivity contribution in [1.82, 2.24) is 10.4 Å². The van der Waals surface area contributed by atoms with E-state index in [0.29, 0.717) is 11.3 Å². The smallest absolute Gasteiger partial charge is 0.270 e. The zero-order valence-electron chi connectivity index (χ0n) is 12.6. The Labute approximate surface area is 133 Å². The number of amides is 3. The van der Waals surface area contributed by atoms with Crippen LogP contribution < -0.4 is 10.2 Å². The molecule has 2 aliphatic carbocycles. The van der Waals surface area contributed by atoms with Crippen molar-refractivity contribution in [2.75, 3.05) is 7.11 Å². The Hall–Kier alpha value is -2.63. The monoisotopic (exact) mass is 312 g/mol. The van der Waals surface area contributed by atoms with Gasteiger partial charge in [-0.25, -0.2) is 0 Å². The third kappa shape index (κ3) is 1.98. The summed E-state index contributed by atoms with van der Waals surface area (Å²) in [6, 6.07) is 6.49. The van der Waals surface area contributed by atoms with Crippen LogP contribution >= 0.6 is 0 Å². The number of hydrogen-bond acceptors (Lipinski definition) is 4. The summed E-state index contributed by atoms with van der Waals surface area (Å²) in [4.78, 5) is 37.3. The Kier molecular flexibility index (Phi) is 3.01. The predicted molar refractivity (Wildman–Crippen MR) is 80.0 cm³/mol. The average molecular weight is 312 g/mol. The summed E-state index contributed by atoms with van der Waals surface area (Å²) in [6.45, 7) is 0. The Morgan fingerprint density at radius 2 is 1.65 bits per heavy atom. The van der Waals surface area contributed by atoms with Gasteiger partial charge in [-0.2, -0.15) is 5.01 Å². The summed E-state index contributed by atoms with van der Waals surface area (Å²) in [6.07, 6.45) is 4.91. The maximum absolute atomic E-state index is 12.5. The highest BCUT2D eigenvalue weighted by Gasteiger charge is 2.59. The highest BCUT2D eigenvalue weighted by atomic mass is 16.5. The van der Waals surface area contributed by atoms with Crippen molar-refractivity contribution in [2.45, 2.75) is 6.42 Å². The Balaban J connectivity index is 1.52. The molecule has 0 spiro atoms. The standard InChI is InChI=1S/C17H16N2O4/c1-23-12-6-4-9(5-7-12)15(20)18-19-16(21)13-10-2-3-11(8-10)14(13)17(19)22/h2-7,10-11,13-14H,8H2,1H3,(H,18,20)/t10?,11?,13-,14+. The number of rotatable bonds is 3. The lowest BCUT2D eigenvalue weighted by Crippen LogP contribution is -2.47. The minimum absolute atomic E-state index is 0.129. The fourth-order valence-electron chi connectivity index (χ4n) is 3.92. The van der Waals surface area contributed by atoms with Gasteiger partial charge in [0.1, 0.15) is 5.75 Å². The lowest BCUT2D eigenvalue weighted by atomic mass is 9.85. The quantitative estimate of drug-likeness (QED) is 0.671. The molecule has 4 atom stereocenters. The molecule has 2 fully saturated rings. The second kappa shape index (κ2) is 4.94. The Morgan fingerprint density at radius 1 is 1.09 bits per heavy atom. The maximum atomic E-state index is 12.5. The van der Waals surface area contributed by atoms with Crippen LogP contribution in [0.5, 0.6) is 5.75 Å².